The fourth-order valence-electron chi connectivity index (χ4n) is 4.46. The summed E-state index contributed by atoms with van der Waals surface area (Å²) in [7, 11) is 9.66. The second-order valence-electron chi connectivity index (χ2n) is 9.71. The molecule has 0 fully saturated rings. The zero-order chi connectivity index (χ0) is 34.5. The fraction of sp³-hybridized carbons (Fsp3) is 0.324. The molecule has 0 bridgehead atoms. The molecule has 13 heteroatoms. The van der Waals surface area contributed by atoms with Crippen molar-refractivity contribution in [2.75, 3.05) is 49.8 Å². The van der Waals surface area contributed by atoms with E-state index in [2.05, 4.69) is 0 Å². The van der Waals surface area contributed by atoms with Crippen molar-refractivity contribution in [1.29, 1.82) is 0 Å². The molecule has 0 aliphatic heterocycles. The molecule has 0 aromatic heterocycles. The van der Waals surface area contributed by atoms with Crippen LogP contribution in [0.15, 0.2) is 60.7 Å². The minimum atomic E-state index is -1.48. The summed E-state index contributed by atoms with van der Waals surface area (Å²) in [5.41, 5.74) is 1.46. The van der Waals surface area contributed by atoms with Crippen molar-refractivity contribution in [2.24, 2.45) is 0 Å². The maximum Gasteiger partial charge on any atom is 0.350 e. The first-order valence-electron chi connectivity index (χ1n) is 14.1. The lowest BCUT2D eigenvalue weighted by Crippen LogP contribution is -2.35. The molecule has 3 aromatic carbocycles. The summed E-state index contributed by atoms with van der Waals surface area (Å²) in [5, 5.41) is 11.1. The molecule has 3 atom stereocenters. The Morgan fingerprint density at radius 1 is 0.660 bits per heavy atom. The van der Waals surface area contributed by atoms with E-state index in [0.29, 0.717) is 39.7 Å². The zero-order valence-corrected chi connectivity index (χ0v) is 27.1. The minimum absolute atomic E-state index is 0.0307. The number of benzene rings is 3. The highest BCUT2D eigenvalue weighted by Crippen LogP contribution is 2.35. The van der Waals surface area contributed by atoms with Crippen molar-refractivity contribution in [2.45, 2.75) is 24.7 Å². The van der Waals surface area contributed by atoms with Crippen molar-refractivity contribution in [3.05, 3.63) is 77.4 Å². The van der Waals surface area contributed by atoms with E-state index in [0.717, 1.165) is 6.08 Å². The fourth-order valence-corrected chi connectivity index (χ4v) is 4.46. The average molecular weight is 655 g/mol. The van der Waals surface area contributed by atoms with Gasteiger partial charge in [-0.3, -0.25) is 0 Å². The smallest absolute Gasteiger partial charge is 0.350 e. The predicted molar refractivity (Wildman–Crippen MR) is 168 cm³/mol. The Balaban J connectivity index is 1.77. The molecule has 0 aliphatic carbocycles. The van der Waals surface area contributed by atoms with Crippen molar-refractivity contribution >= 4 is 24.0 Å². The van der Waals surface area contributed by atoms with Crippen LogP contribution < -0.4 is 28.4 Å². The number of methoxy groups -OCH3 is 7. The topological polar surface area (TPSA) is 155 Å². The van der Waals surface area contributed by atoms with Gasteiger partial charge in [0.25, 0.3) is 0 Å². The first kappa shape index (κ1) is 36.0. The lowest BCUT2D eigenvalue weighted by molar-refractivity contribution is -0.162. The molecule has 1 N–H and O–H groups in total. The van der Waals surface area contributed by atoms with Gasteiger partial charge in [-0.25, -0.2) is 14.4 Å². The molecule has 0 amide bonds. The Labute approximate surface area is 272 Å². The van der Waals surface area contributed by atoms with Crippen LogP contribution in [0.5, 0.6) is 34.5 Å². The van der Waals surface area contributed by atoms with E-state index in [1.807, 2.05) is 0 Å². The van der Waals surface area contributed by atoms with Crippen LogP contribution in [0.4, 0.5) is 0 Å². The number of rotatable bonds is 16. The Kier molecular flexibility index (Phi) is 13.3. The van der Waals surface area contributed by atoms with Crippen LogP contribution in [-0.2, 0) is 35.0 Å². The second kappa shape index (κ2) is 17.3. The molecule has 0 aliphatic rings. The number of carbonyl (C=O) groups excluding carboxylic acids is 3. The molecule has 0 radical (unpaired) electrons. The van der Waals surface area contributed by atoms with E-state index < -0.39 is 36.2 Å². The number of ether oxygens (including phenoxy) is 9. The molecule has 0 saturated carbocycles. The van der Waals surface area contributed by atoms with Crippen LogP contribution in [0.25, 0.3) is 6.08 Å². The van der Waals surface area contributed by atoms with Crippen molar-refractivity contribution in [3.63, 3.8) is 0 Å². The number of aliphatic hydroxyl groups excluding tert-OH is 1. The summed E-state index contributed by atoms with van der Waals surface area (Å²) in [6.45, 7) is 0. The minimum Gasteiger partial charge on any atom is -0.493 e. The average Bonchev–Trinajstić information content (AvgIpc) is 3.11. The van der Waals surface area contributed by atoms with Gasteiger partial charge in [-0.15, -0.1) is 0 Å². The highest BCUT2D eigenvalue weighted by molar-refractivity contribution is 5.89. The largest absolute Gasteiger partial charge is 0.493 e. The van der Waals surface area contributed by atoms with Gasteiger partial charge >= 0.3 is 17.9 Å². The van der Waals surface area contributed by atoms with Crippen LogP contribution in [0.3, 0.4) is 0 Å². The van der Waals surface area contributed by atoms with Crippen LogP contribution >= 0.6 is 0 Å². The Morgan fingerprint density at radius 2 is 1.21 bits per heavy atom. The monoisotopic (exact) mass is 654 g/mol. The lowest BCUT2D eigenvalue weighted by atomic mass is 10.0. The van der Waals surface area contributed by atoms with Crippen LogP contribution in [0, 0.1) is 0 Å². The number of aliphatic hydroxyl groups is 1. The van der Waals surface area contributed by atoms with Crippen molar-refractivity contribution in [1.82, 2.24) is 0 Å². The van der Waals surface area contributed by atoms with Gasteiger partial charge in [0.2, 0.25) is 12.2 Å². The predicted octanol–water partition coefficient (Wildman–Crippen LogP) is 3.72. The third-order valence-corrected chi connectivity index (χ3v) is 6.91. The van der Waals surface area contributed by atoms with E-state index in [9.17, 15) is 19.5 Å². The third kappa shape index (κ3) is 9.30. The number of hydrogen-bond acceptors (Lipinski definition) is 13. The number of carbonyl (C=O) groups is 3. The molecule has 0 unspecified atom stereocenters. The molecule has 47 heavy (non-hydrogen) atoms. The summed E-state index contributed by atoms with van der Waals surface area (Å²) < 4.78 is 47.5. The number of hydrogen-bond donors (Lipinski definition) is 1. The highest BCUT2D eigenvalue weighted by Gasteiger charge is 2.33. The van der Waals surface area contributed by atoms with E-state index in [4.69, 9.17) is 42.6 Å². The van der Waals surface area contributed by atoms with Crippen molar-refractivity contribution in [3.8, 4) is 34.5 Å². The van der Waals surface area contributed by atoms with Crippen LogP contribution in [-0.4, -0.2) is 85.0 Å². The van der Waals surface area contributed by atoms with Crippen LogP contribution in [0.1, 0.15) is 22.8 Å². The molecule has 13 nitrogen and oxygen atoms in total. The summed E-state index contributed by atoms with van der Waals surface area (Å²) >= 11 is 0. The zero-order valence-electron chi connectivity index (χ0n) is 27.1. The summed E-state index contributed by atoms with van der Waals surface area (Å²) in [6.07, 6.45) is -1.56. The molecule has 0 heterocycles. The van der Waals surface area contributed by atoms with E-state index in [1.165, 1.54) is 74.0 Å². The molecule has 252 valence electrons. The van der Waals surface area contributed by atoms with Crippen LogP contribution in [0.2, 0.25) is 0 Å². The molecular weight excluding hydrogens is 616 g/mol. The van der Waals surface area contributed by atoms with Gasteiger partial charge in [0.15, 0.2) is 34.5 Å². The Bertz CT molecular complexity index is 1570. The van der Waals surface area contributed by atoms with Gasteiger partial charge < -0.3 is 47.7 Å². The summed E-state index contributed by atoms with van der Waals surface area (Å²) in [5.74, 6) is -0.330. The quantitative estimate of drug-likeness (QED) is 0.136. The standard InChI is InChI=1S/C34H38O13/c1-39-23-12-9-21(17-26(23)41-3)18-29(33(37)44-6)46-30(35)15-10-20-8-13-25(27(16-20)42-4)47-32(34(38)45-7)31(36)22-11-14-24(40-2)28(19-22)43-5/h8-17,19,29,31-32,36H,18H2,1-7H3/b15-10+/t29-,31-,32-/m1/s1. The van der Waals surface area contributed by atoms with Gasteiger partial charge in [0.05, 0.1) is 49.8 Å². The molecule has 0 saturated heterocycles. The Hall–Kier alpha value is -5.43. The second-order valence-corrected chi connectivity index (χ2v) is 9.71. The molecule has 3 rings (SSSR count). The van der Waals surface area contributed by atoms with Gasteiger partial charge in [-0.2, -0.15) is 0 Å². The first-order chi connectivity index (χ1) is 22.6. The van der Waals surface area contributed by atoms with Gasteiger partial charge in [0.1, 0.15) is 6.10 Å². The third-order valence-electron chi connectivity index (χ3n) is 6.91. The van der Waals surface area contributed by atoms with E-state index >= 15 is 0 Å². The van der Waals surface area contributed by atoms with Gasteiger partial charge in [-0.05, 0) is 59.2 Å². The first-order valence-corrected chi connectivity index (χ1v) is 14.1. The normalized spacial score (nSPS) is 12.7. The van der Waals surface area contributed by atoms with E-state index in [1.54, 1.807) is 36.4 Å². The van der Waals surface area contributed by atoms with Gasteiger partial charge in [0, 0.05) is 12.5 Å². The maximum absolute atomic E-state index is 12.7. The molecule has 3 aromatic rings. The SMILES string of the molecule is COC(=O)[C@@H](Cc1ccc(OC)c(OC)c1)OC(=O)/C=C/c1ccc(O[C@@H](C(=O)OC)[C@H](O)c2ccc(OC)c(OC)c2)c(OC)c1. The summed E-state index contributed by atoms with van der Waals surface area (Å²) in [6, 6.07) is 14.4. The van der Waals surface area contributed by atoms with E-state index in [-0.39, 0.29) is 17.9 Å². The Morgan fingerprint density at radius 3 is 1.81 bits per heavy atom. The summed E-state index contributed by atoms with van der Waals surface area (Å²) in [4.78, 5) is 37.8. The van der Waals surface area contributed by atoms with Gasteiger partial charge in [-0.1, -0.05) is 18.2 Å². The number of esters is 3. The highest BCUT2D eigenvalue weighted by atomic mass is 16.6. The van der Waals surface area contributed by atoms with Crippen molar-refractivity contribution < 1.29 is 62.1 Å². The maximum atomic E-state index is 12.7. The molecular formula is C34H38O13. The molecule has 0 spiro atoms. The lowest BCUT2D eigenvalue weighted by Gasteiger charge is -2.24.